The van der Waals surface area contributed by atoms with Gasteiger partial charge in [-0.05, 0) is 11.5 Å². The standard InChI is InChI=1S/C14H20N2O3/c1-10(2)12(8-13(15)17)16-14(18)19-9-11-6-4-3-5-7-11/h3-7,10,12H,8-9H2,1-2H3,(H2,15,17)(H,16,18). The van der Waals surface area contributed by atoms with E-state index >= 15 is 0 Å². The lowest BCUT2D eigenvalue weighted by atomic mass is 10.0. The molecule has 0 aliphatic heterocycles. The van der Waals surface area contributed by atoms with Crippen molar-refractivity contribution in [3.8, 4) is 0 Å². The number of carbonyl (C=O) groups excluding carboxylic acids is 2. The molecule has 3 N–H and O–H groups in total. The molecule has 0 bridgehead atoms. The summed E-state index contributed by atoms with van der Waals surface area (Å²) in [4.78, 5) is 22.5. The summed E-state index contributed by atoms with van der Waals surface area (Å²) in [6, 6.07) is 9.08. The van der Waals surface area contributed by atoms with Crippen molar-refractivity contribution >= 4 is 12.0 Å². The van der Waals surface area contributed by atoms with Crippen LogP contribution < -0.4 is 11.1 Å². The van der Waals surface area contributed by atoms with Crippen LogP contribution in [0.1, 0.15) is 25.8 Å². The van der Waals surface area contributed by atoms with Gasteiger partial charge in [-0.25, -0.2) is 4.79 Å². The third kappa shape index (κ3) is 5.90. The maximum Gasteiger partial charge on any atom is 0.407 e. The van der Waals surface area contributed by atoms with Gasteiger partial charge in [0.15, 0.2) is 0 Å². The van der Waals surface area contributed by atoms with Gasteiger partial charge >= 0.3 is 6.09 Å². The zero-order valence-corrected chi connectivity index (χ0v) is 11.3. The summed E-state index contributed by atoms with van der Waals surface area (Å²) >= 11 is 0. The molecule has 5 heteroatoms. The zero-order valence-electron chi connectivity index (χ0n) is 11.3. The van der Waals surface area contributed by atoms with E-state index in [1.807, 2.05) is 44.2 Å². The molecule has 104 valence electrons. The van der Waals surface area contributed by atoms with Crippen molar-refractivity contribution in [2.75, 3.05) is 0 Å². The molecule has 0 saturated heterocycles. The molecule has 0 aliphatic rings. The molecule has 0 spiro atoms. The fraction of sp³-hybridized carbons (Fsp3) is 0.429. The minimum atomic E-state index is -0.538. The van der Waals surface area contributed by atoms with Crippen LogP contribution in [0.25, 0.3) is 0 Å². The molecule has 5 nitrogen and oxygen atoms in total. The van der Waals surface area contributed by atoms with Gasteiger partial charge in [0.1, 0.15) is 6.61 Å². The van der Waals surface area contributed by atoms with E-state index in [4.69, 9.17) is 10.5 Å². The van der Waals surface area contributed by atoms with Gasteiger partial charge in [0.2, 0.25) is 5.91 Å². The van der Waals surface area contributed by atoms with Crippen LogP contribution in [-0.4, -0.2) is 18.0 Å². The van der Waals surface area contributed by atoms with Crippen molar-refractivity contribution in [1.82, 2.24) is 5.32 Å². The molecular weight excluding hydrogens is 244 g/mol. The van der Waals surface area contributed by atoms with Crippen molar-refractivity contribution in [2.24, 2.45) is 11.7 Å². The molecule has 1 atom stereocenters. The average molecular weight is 264 g/mol. The first-order chi connectivity index (χ1) is 8.99. The Morgan fingerprint density at radius 3 is 2.42 bits per heavy atom. The third-order valence-corrected chi connectivity index (χ3v) is 2.74. The normalized spacial score (nSPS) is 11.9. The molecule has 0 aliphatic carbocycles. The van der Waals surface area contributed by atoms with E-state index < -0.39 is 12.0 Å². The van der Waals surface area contributed by atoms with Crippen molar-refractivity contribution < 1.29 is 14.3 Å². The monoisotopic (exact) mass is 264 g/mol. The van der Waals surface area contributed by atoms with Gasteiger partial charge in [0, 0.05) is 12.5 Å². The Balaban J connectivity index is 2.42. The molecule has 1 rings (SSSR count). The number of hydrogen-bond donors (Lipinski definition) is 2. The highest BCUT2D eigenvalue weighted by Gasteiger charge is 2.19. The maximum absolute atomic E-state index is 11.6. The lowest BCUT2D eigenvalue weighted by molar-refractivity contribution is -0.118. The number of hydrogen-bond acceptors (Lipinski definition) is 3. The lowest BCUT2D eigenvalue weighted by Crippen LogP contribution is -2.41. The number of primary amides is 1. The lowest BCUT2D eigenvalue weighted by Gasteiger charge is -2.20. The van der Waals surface area contributed by atoms with Crippen molar-refractivity contribution in [3.63, 3.8) is 0 Å². The number of rotatable bonds is 6. The zero-order chi connectivity index (χ0) is 14.3. The van der Waals surface area contributed by atoms with Gasteiger partial charge in [-0.2, -0.15) is 0 Å². The fourth-order valence-electron chi connectivity index (χ4n) is 1.59. The first-order valence-electron chi connectivity index (χ1n) is 6.24. The molecular formula is C14H20N2O3. The maximum atomic E-state index is 11.6. The molecule has 0 radical (unpaired) electrons. The Morgan fingerprint density at radius 2 is 1.89 bits per heavy atom. The Morgan fingerprint density at radius 1 is 1.26 bits per heavy atom. The quantitative estimate of drug-likeness (QED) is 0.822. The number of amides is 2. The van der Waals surface area contributed by atoms with Crippen LogP contribution in [0.3, 0.4) is 0 Å². The van der Waals surface area contributed by atoms with Crippen LogP contribution in [-0.2, 0) is 16.1 Å². The summed E-state index contributed by atoms with van der Waals surface area (Å²) in [7, 11) is 0. The molecule has 0 fully saturated rings. The van der Waals surface area contributed by atoms with E-state index in [1.165, 1.54) is 0 Å². The SMILES string of the molecule is CC(C)C(CC(N)=O)NC(=O)OCc1ccccc1. The molecule has 2 amide bonds. The second kappa shape index (κ2) is 7.41. The minimum absolute atomic E-state index is 0.108. The number of nitrogens with one attached hydrogen (secondary N) is 1. The highest BCUT2D eigenvalue weighted by atomic mass is 16.5. The van der Waals surface area contributed by atoms with Gasteiger partial charge in [-0.3, -0.25) is 4.79 Å². The van der Waals surface area contributed by atoms with E-state index in [0.717, 1.165) is 5.56 Å². The van der Waals surface area contributed by atoms with Gasteiger partial charge < -0.3 is 15.8 Å². The summed E-state index contributed by atoms with van der Waals surface area (Å²) in [6.07, 6.45) is -0.429. The van der Waals surface area contributed by atoms with Gasteiger partial charge in [-0.1, -0.05) is 44.2 Å². The van der Waals surface area contributed by atoms with Crippen LogP contribution in [0.5, 0.6) is 0 Å². The van der Waals surface area contributed by atoms with Crippen LogP contribution >= 0.6 is 0 Å². The largest absolute Gasteiger partial charge is 0.445 e. The summed E-state index contributed by atoms with van der Waals surface area (Å²) in [5.74, 6) is -0.334. The molecule has 0 heterocycles. The second-order valence-electron chi connectivity index (χ2n) is 4.73. The number of benzene rings is 1. The topological polar surface area (TPSA) is 81.4 Å². The summed E-state index contributed by atoms with van der Waals surface area (Å²) in [6.45, 7) is 4.02. The van der Waals surface area contributed by atoms with Crippen molar-refractivity contribution in [3.05, 3.63) is 35.9 Å². The predicted molar refractivity (Wildman–Crippen MR) is 72.2 cm³/mol. The summed E-state index contributed by atoms with van der Waals surface area (Å²) < 4.78 is 5.09. The van der Waals surface area contributed by atoms with Gasteiger partial charge in [-0.15, -0.1) is 0 Å². The Hall–Kier alpha value is -2.04. The molecule has 0 saturated carbocycles. The molecule has 1 aromatic carbocycles. The highest BCUT2D eigenvalue weighted by molar-refractivity contribution is 5.76. The third-order valence-electron chi connectivity index (χ3n) is 2.74. The smallest absolute Gasteiger partial charge is 0.407 e. The van der Waals surface area contributed by atoms with Crippen molar-refractivity contribution in [1.29, 1.82) is 0 Å². The number of nitrogens with two attached hydrogens (primary N) is 1. The van der Waals surface area contributed by atoms with Crippen LogP contribution in [0.15, 0.2) is 30.3 Å². The molecule has 0 aromatic heterocycles. The van der Waals surface area contributed by atoms with E-state index in [9.17, 15) is 9.59 Å². The van der Waals surface area contributed by atoms with E-state index in [2.05, 4.69) is 5.32 Å². The Kier molecular flexibility index (Phi) is 5.85. The van der Waals surface area contributed by atoms with Crippen LogP contribution in [0, 0.1) is 5.92 Å². The first kappa shape index (κ1) is 15.0. The minimum Gasteiger partial charge on any atom is -0.445 e. The van der Waals surface area contributed by atoms with Gasteiger partial charge in [0.05, 0.1) is 0 Å². The van der Waals surface area contributed by atoms with Crippen LogP contribution in [0.2, 0.25) is 0 Å². The van der Waals surface area contributed by atoms with E-state index in [-0.39, 0.29) is 25.0 Å². The number of ether oxygens (including phenoxy) is 1. The van der Waals surface area contributed by atoms with Gasteiger partial charge in [0.25, 0.3) is 0 Å². The number of carbonyl (C=O) groups is 2. The first-order valence-corrected chi connectivity index (χ1v) is 6.24. The Labute approximate surface area is 113 Å². The van der Waals surface area contributed by atoms with E-state index in [0.29, 0.717) is 0 Å². The molecule has 1 unspecified atom stereocenters. The summed E-state index contributed by atoms with van der Waals surface area (Å²) in [5, 5.41) is 2.66. The van der Waals surface area contributed by atoms with Crippen LogP contribution in [0.4, 0.5) is 4.79 Å². The number of alkyl carbamates (subject to hydrolysis) is 1. The molecule has 19 heavy (non-hydrogen) atoms. The van der Waals surface area contributed by atoms with Crippen molar-refractivity contribution in [2.45, 2.75) is 32.9 Å². The predicted octanol–water partition coefficient (Wildman–Crippen LogP) is 1.81. The van der Waals surface area contributed by atoms with E-state index in [1.54, 1.807) is 0 Å². The second-order valence-corrected chi connectivity index (χ2v) is 4.73. The highest BCUT2D eigenvalue weighted by Crippen LogP contribution is 2.07. The summed E-state index contributed by atoms with van der Waals surface area (Å²) in [5.41, 5.74) is 6.05. The average Bonchev–Trinajstić information content (AvgIpc) is 2.36. The fourth-order valence-corrected chi connectivity index (χ4v) is 1.59. The Bertz CT molecular complexity index is 418. The molecule has 1 aromatic rings.